The maximum absolute atomic E-state index is 10.2. The number of amides is 2. The summed E-state index contributed by atoms with van der Waals surface area (Å²) in [5.41, 5.74) is 7.76. The standard InChI is InChI=1S/C7H13N3O/c1-3-4-5-6(2)9-10-7(8)11/h3-4H,5H2,1-2H3,(H3,8,10,11)/b4-3+,9-6-. The fraction of sp³-hybridized carbons (Fsp3) is 0.429. The number of allylic oxidation sites excluding steroid dienone is 2. The number of rotatable bonds is 3. The third kappa shape index (κ3) is 6.57. The first-order valence-electron chi connectivity index (χ1n) is 3.36. The van der Waals surface area contributed by atoms with Crippen LogP contribution in [0.15, 0.2) is 17.3 Å². The Morgan fingerprint density at radius 2 is 2.36 bits per heavy atom. The van der Waals surface area contributed by atoms with Crippen LogP contribution in [0.2, 0.25) is 0 Å². The molecule has 0 unspecified atom stereocenters. The second kappa shape index (κ2) is 5.46. The summed E-state index contributed by atoms with van der Waals surface area (Å²) >= 11 is 0. The second-order valence-corrected chi connectivity index (χ2v) is 2.10. The van der Waals surface area contributed by atoms with E-state index in [1.54, 1.807) is 0 Å². The highest BCUT2D eigenvalue weighted by atomic mass is 16.2. The van der Waals surface area contributed by atoms with Crippen molar-refractivity contribution in [3.05, 3.63) is 12.2 Å². The van der Waals surface area contributed by atoms with Gasteiger partial charge in [-0.05, 0) is 13.8 Å². The minimum absolute atomic E-state index is 0.634. The Morgan fingerprint density at radius 3 is 2.82 bits per heavy atom. The lowest BCUT2D eigenvalue weighted by Gasteiger charge is -1.94. The molecule has 0 rings (SSSR count). The monoisotopic (exact) mass is 155 g/mol. The van der Waals surface area contributed by atoms with Crippen LogP contribution in [-0.2, 0) is 0 Å². The number of carbonyl (C=O) groups is 1. The number of hydrogen-bond acceptors (Lipinski definition) is 2. The summed E-state index contributed by atoms with van der Waals surface area (Å²) in [5, 5.41) is 3.70. The summed E-state index contributed by atoms with van der Waals surface area (Å²) < 4.78 is 0. The van der Waals surface area contributed by atoms with Crippen LogP contribution in [0.4, 0.5) is 4.79 Å². The van der Waals surface area contributed by atoms with E-state index in [0.717, 1.165) is 12.1 Å². The molecule has 0 saturated carbocycles. The Labute approximate surface area is 66.2 Å². The smallest absolute Gasteiger partial charge is 0.332 e. The second-order valence-electron chi connectivity index (χ2n) is 2.10. The Kier molecular flexibility index (Phi) is 4.81. The molecule has 0 heterocycles. The fourth-order valence-electron chi connectivity index (χ4n) is 0.485. The first-order chi connectivity index (χ1) is 5.16. The molecule has 4 heteroatoms. The molecule has 2 amide bonds. The van der Waals surface area contributed by atoms with Gasteiger partial charge in [-0.1, -0.05) is 12.2 Å². The van der Waals surface area contributed by atoms with Gasteiger partial charge in [0.25, 0.3) is 0 Å². The van der Waals surface area contributed by atoms with E-state index in [-0.39, 0.29) is 0 Å². The highest BCUT2D eigenvalue weighted by molar-refractivity contribution is 5.84. The first kappa shape index (κ1) is 9.68. The first-order valence-corrected chi connectivity index (χ1v) is 3.36. The largest absolute Gasteiger partial charge is 0.350 e. The zero-order valence-corrected chi connectivity index (χ0v) is 6.79. The third-order valence-corrected chi connectivity index (χ3v) is 1.01. The Morgan fingerprint density at radius 1 is 1.73 bits per heavy atom. The lowest BCUT2D eigenvalue weighted by molar-refractivity contribution is 0.249. The Balaban J connectivity index is 3.71. The van der Waals surface area contributed by atoms with Crippen molar-refractivity contribution in [2.45, 2.75) is 20.3 Å². The summed E-state index contributed by atoms with van der Waals surface area (Å²) in [6.07, 6.45) is 4.60. The minimum atomic E-state index is -0.634. The van der Waals surface area contributed by atoms with E-state index < -0.39 is 6.03 Å². The molecule has 0 fully saturated rings. The highest BCUT2D eigenvalue weighted by Gasteiger charge is 1.88. The molecular formula is C7H13N3O. The molecule has 0 aromatic heterocycles. The number of carbonyl (C=O) groups excluding carboxylic acids is 1. The molecular weight excluding hydrogens is 142 g/mol. The molecule has 0 spiro atoms. The molecule has 0 atom stereocenters. The van der Waals surface area contributed by atoms with Crippen molar-refractivity contribution < 1.29 is 4.79 Å². The molecule has 0 aliphatic rings. The van der Waals surface area contributed by atoms with E-state index in [1.165, 1.54) is 0 Å². The molecule has 62 valence electrons. The molecule has 0 aliphatic heterocycles. The molecule has 0 saturated heterocycles. The van der Waals surface area contributed by atoms with Gasteiger partial charge in [0.15, 0.2) is 0 Å². The van der Waals surface area contributed by atoms with Crippen LogP contribution in [0.25, 0.3) is 0 Å². The van der Waals surface area contributed by atoms with Crippen LogP contribution in [0.3, 0.4) is 0 Å². The van der Waals surface area contributed by atoms with Crippen LogP contribution in [0.1, 0.15) is 20.3 Å². The van der Waals surface area contributed by atoms with Crippen molar-refractivity contribution in [2.24, 2.45) is 10.8 Å². The topological polar surface area (TPSA) is 67.5 Å². The van der Waals surface area contributed by atoms with Crippen molar-refractivity contribution in [1.29, 1.82) is 0 Å². The molecule has 0 aliphatic carbocycles. The maximum Gasteiger partial charge on any atom is 0.332 e. The number of nitrogens with zero attached hydrogens (tertiary/aromatic N) is 1. The molecule has 11 heavy (non-hydrogen) atoms. The zero-order valence-electron chi connectivity index (χ0n) is 6.79. The van der Waals surface area contributed by atoms with Gasteiger partial charge in [-0.15, -0.1) is 0 Å². The average molecular weight is 155 g/mol. The van der Waals surface area contributed by atoms with Crippen LogP contribution in [-0.4, -0.2) is 11.7 Å². The van der Waals surface area contributed by atoms with E-state index in [4.69, 9.17) is 5.73 Å². The van der Waals surface area contributed by atoms with E-state index >= 15 is 0 Å². The number of nitrogens with one attached hydrogen (secondary N) is 1. The average Bonchev–Trinajstić information content (AvgIpc) is 1.97. The number of primary amides is 1. The molecule has 0 aromatic carbocycles. The van der Waals surface area contributed by atoms with Crippen molar-refractivity contribution in [2.75, 3.05) is 0 Å². The summed E-state index contributed by atoms with van der Waals surface area (Å²) in [6.45, 7) is 3.74. The van der Waals surface area contributed by atoms with Gasteiger partial charge < -0.3 is 5.73 Å². The van der Waals surface area contributed by atoms with Crippen molar-refractivity contribution in [1.82, 2.24) is 5.43 Å². The molecule has 0 bridgehead atoms. The van der Waals surface area contributed by atoms with E-state index in [9.17, 15) is 4.79 Å². The molecule has 3 N–H and O–H groups in total. The van der Waals surface area contributed by atoms with Crippen molar-refractivity contribution in [3.63, 3.8) is 0 Å². The van der Waals surface area contributed by atoms with E-state index in [1.807, 2.05) is 26.0 Å². The van der Waals surface area contributed by atoms with Gasteiger partial charge in [0, 0.05) is 12.1 Å². The van der Waals surface area contributed by atoms with Gasteiger partial charge in [-0.2, -0.15) is 5.10 Å². The Bertz CT molecular complexity index is 184. The number of urea groups is 1. The normalized spacial score (nSPS) is 12.0. The molecule has 0 aromatic rings. The zero-order chi connectivity index (χ0) is 8.69. The van der Waals surface area contributed by atoms with Crippen LogP contribution < -0.4 is 11.2 Å². The van der Waals surface area contributed by atoms with E-state index in [0.29, 0.717) is 0 Å². The maximum atomic E-state index is 10.2. The minimum Gasteiger partial charge on any atom is -0.350 e. The van der Waals surface area contributed by atoms with Crippen molar-refractivity contribution in [3.8, 4) is 0 Å². The molecule has 0 radical (unpaired) electrons. The van der Waals surface area contributed by atoms with Crippen LogP contribution in [0, 0.1) is 0 Å². The third-order valence-electron chi connectivity index (χ3n) is 1.01. The van der Waals surface area contributed by atoms with Gasteiger partial charge in [0.05, 0.1) is 0 Å². The number of hydrogen-bond donors (Lipinski definition) is 2. The van der Waals surface area contributed by atoms with E-state index in [2.05, 4.69) is 10.5 Å². The lowest BCUT2D eigenvalue weighted by Crippen LogP contribution is -2.25. The van der Waals surface area contributed by atoms with Crippen LogP contribution in [0.5, 0.6) is 0 Å². The van der Waals surface area contributed by atoms with Crippen molar-refractivity contribution >= 4 is 11.7 Å². The van der Waals surface area contributed by atoms with Crippen LogP contribution >= 0.6 is 0 Å². The SMILES string of the molecule is C/C=C/C/C(C)=N\NC(N)=O. The van der Waals surface area contributed by atoms with Gasteiger partial charge >= 0.3 is 6.03 Å². The number of hydrazone groups is 1. The summed E-state index contributed by atoms with van der Waals surface area (Å²) in [7, 11) is 0. The summed E-state index contributed by atoms with van der Waals surface area (Å²) in [6, 6.07) is -0.634. The van der Waals surface area contributed by atoms with Gasteiger partial charge in [-0.25, -0.2) is 10.2 Å². The molecule has 4 nitrogen and oxygen atoms in total. The predicted molar refractivity (Wildman–Crippen MR) is 45.3 cm³/mol. The van der Waals surface area contributed by atoms with Gasteiger partial charge in [0.1, 0.15) is 0 Å². The van der Waals surface area contributed by atoms with Gasteiger partial charge in [-0.3, -0.25) is 0 Å². The fourth-order valence-corrected chi connectivity index (χ4v) is 0.485. The van der Waals surface area contributed by atoms with Gasteiger partial charge in [0.2, 0.25) is 0 Å². The lowest BCUT2D eigenvalue weighted by atomic mass is 10.3. The number of nitrogens with two attached hydrogens (primary N) is 1. The highest BCUT2D eigenvalue weighted by Crippen LogP contribution is 1.86. The summed E-state index contributed by atoms with van der Waals surface area (Å²) in [4.78, 5) is 10.2. The quantitative estimate of drug-likeness (QED) is 0.356. The Hall–Kier alpha value is -1.32. The predicted octanol–water partition coefficient (Wildman–Crippen LogP) is 0.997. The summed E-state index contributed by atoms with van der Waals surface area (Å²) in [5.74, 6) is 0.